The molecular weight excluding hydrogens is 315 g/mol. The SMILES string of the molecule is CC(C)c1nc(C(C)NCC(O)COc2ccc(F)cc2)cs1. The molecule has 1 aromatic carbocycles. The van der Waals surface area contributed by atoms with Crippen LogP contribution < -0.4 is 10.1 Å². The third kappa shape index (κ3) is 5.57. The lowest BCUT2D eigenvalue weighted by molar-refractivity contribution is 0.104. The zero-order valence-corrected chi connectivity index (χ0v) is 14.4. The molecule has 2 aromatic rings. The van der Waals surface area contributed by atoms with Gasteiger partial charge in [-0.3, -0.25) is 0 Å². The van der Waals surface area contributed by atoms with Gasteiger partial charge in [0.15, 0.2) is 0 Å². The van der Waals surface area contributed by atoms with Crippen LogP contribution in [0.2, 0.25) is 0 Å². The van der Waals surface area contributed by atoms with Gasteiger partial charge in [0.1, 0.15) is 24.3 Å². The van der Waals surface area contributed by atoms with Gasteiger partial charge in [-0.15, -0.1) is 11.3 Å². The number of nitrogens with one attached hydrogen (secondary N) is 1. The van der Waals surface area contributed by atoms with Crippen LogP contribution in [-0.2, 0) is 0 Å². The van der Waals surface area contributed by atoms with Crippen molar-refractivity contribution in [3.05, 3.63) is 46.2 Å². The Morgan fingerprint density at radius 3 is 2.57 bits per heavy atom. The second-order valence-corrected chi connectivity index (χ2v) is 6.70. The number of thiazole rings is 1. The summed E-state index contributed by atoms with van der Waals surface area (Å²) in [5.74, 6) is 0.660. The van der Waals surface area contributed by atoms with Crippen molar-refractivity contribution >= 4 is 11.3 Å². The van der Waals surface area contributed by atoms with Crippen LogP contribution in [0.3, 0.4) is 0 Å². The van der Waals surface area contributed by atoms with Crippen molar-refractivity contribution in [1.29, 1.82) is 0 Å². The molecule has 6 heteroatoms. The Morgan fingerprint density at radius 1 is 1.26 bits per heavy atom. The van der Waals surface area contributed by atoms with Gasteiger partial charge in [0.25, 0.3) is 0 Å². The first-order chi connectivity index (χ1) is 11.0. The van der Waals surface area contributed by atoms with Crippen LogP contribution in [0.1, 0.15) is 43.4 Å². The summed E-state index contributed by atoms with van der Waals surface area (Å²) in [6.45, 7) is 6.82. The highest BCUT2D eigenvalue weighted by Gasteiger charge is 2.13. The molecule has 23 heavy (non-hydrogen) atoms. The number of hydrogen-bond acceptors (Lipinski definition) is 5. The van der Waals surface area contributed by atoms with Gasteiger partial charge in [0.2, 0.25) is 0 Å². The fourth-order valence-electron chi connectivity index (χ4n) is 1.96. The number of hydrogen-bond donors (Lipinski definition) is 2. The van der Waals surface area contributed by atoms with E-state index in [1.54, 1.807) is 23.5 Å². The molecule has 0 saturated heterocycles. The molecule has 2 N–H and O–H groups in total. The monoisotopic (exact) mass is 338 g/mol. The molecule has 1 heterocycles. The number of aromatic nitrogens is 1. The van der Waals surface area contributed by atoms with Gasteiger partial charge in [0, 0.05) is 23.9 Å². The summed E-state index contributed by atoms with van der Waals surface area (Å²) in [6, 6.07) is 5.81. The number of ether oxygens (including phenoxy) is 1. The van der Waals surface area contributed by atoms with Crippen LogP contribution in [0.25, 0.3) is 0 Å². The van der Waals surface area contributed by atoms with E-state index in [-0.39, 0.29) is 18.5 Å². The molecule has 2 atom stereocenters. The van der Waals surface area contributed by atoms with Crippen LogP contribution in [0, 0.1) is 5.82 Å². The van der Waals surface area contributed by atoms with E-state index in [2.05, 4.69) is 24.1 Å². The van der Waals surface area contributed by atoms with Gasteiger partial charge in [0.05, 0.1) is 10.7 Å². The fourth-order valence-corrected chi connectivity index (χ4v) is 2.89. The first-order valence-corrected chi connectivity index (χ1v) is 8.58. The number of halogens is 1. The molecule has 2 unspecified atom stereocenters. The van der Waals surface area contributed by atoms with Gasteiger partial charge >= 0.3 is 0 Å². The summed E-state index contributed by atoms with van der Waals surface area (Å²) >= 11 is 1.66. The summed E-state index contributed by atoms with van der Waals surface area (Å²) in [5, 5.41) is 16.4. The Morgan fingerprint density at radius 2 is 1.96 bits per heavy atom. The van der Waals surface area contributed by atoms with E-state index in [0.717, 1.165) is 10.7 Å². The molecule has 0 aliphatic rings. The summed E-state index contributed by atoms with van der Waals surface area (Å²) < 4.78 is 18.2. The highest BCUT2D eigenvalue weighted by Crippen LogP contribution is 2.22. The quantitative estimate of drug-likeness (QED) is 0.773. The predicted octanol–water partition coefficient (Wildman–Crippen LogP) is 3.50. The zero-order chi connectivity index (χ0) is 16.8. The Balaban J connectivity index is 1.74. The molecule has 0 saturated carbocycles. The van der Waals surface area contributed by atoms with E-state index >= 15 is 0 Å². The second-order valence-electron chi connectivity index (χ2n) is 5.81. The molecule has 0 amide bonds. The molecule has 0 aliphatic heterocycles. The topological polar surface area (TPSA) is 54.4 Å². The lowest BCUT2D eigenvalue weighted by Crippen LogP contribution is -2.33. The molecule has 0 radical (unpaired) electrons. The maximum Gasteiger partial charge on any atom is 0.123 e. The molecule has 0 spiro atoms. The van der Waals surface area contributed by atoms with Gasteiger partial charge in [-0.25, -0.2) is 9.37 Å². The average molecular weight is 338 g/mol. The molecule has 0 fully saturated rings. The number of rotatable bonds is 8. The minimum absolute atomic E-state index is 0.0687. The van der Waals surface area contributed by atoms with E-state index in [9.17, 15) is 9.50 Å². The fraction of sp³-hybridized carbons (Fsp3) is 0.471. The predicted molar refractivity (Wildman–Crippen MR) is 90.5 cm³/mol. The molecule has 2 rings (SSSR count). The van der Waals surface area contributed by atoms with Crippen LogP contribution in [-0.4, -0.2) is 29.3 Å². The van der Waals surface area contributed by atoms with Gasteiger partial charge in [-0.2, -0.15) is 0 Å². The Labute approximate surface area is 140 Å². The maximum atomic E-state index is 12.8. The normalized spacial score (nSPS) is 14.0. The molecular formula is C17H23FN2O2S. The number of nitrogens with zero attached hydrogens (tertiary/aromatic N) is 1. The van der Waals surface area contributed by atoms with Crippen molar-refractivity contribution in [2.75, 3.05) is 13.2 Å². The van der Waals surface area contributed by atoms with E-state index in [1.165, 1.54) is 12.1 Å². The molecule has 1 aromatic heterocycles. The van der Waals surface area contributed by atoms with Crippen LogP contribution in [0.5, 0.6) is 5.75 Å². The summed E-state index contributed by atoms with van der Waals surface area (Å²) in [4.78, 5) is 4.60. The van der Waals surface area contributed by atoms with Gasteiger partial charge in [-0.1, -0.05) is 13.8 Å². The zero-order valence-electron chi connectivity index (χ0n) is 13.6. The van der Waals surface area contributed by atoms with Crippen molar-refractivity contribution < 1.29 is 14.2 Å². The van der Waals surface area contributed by atoms with Gasteiger partial charge < -0.3 is 15.2 Å². The Bertz CT molecular complexity index is 601. The lowest BCUT2D eigenvalue weighted by Gasteiger charge is -2.16. The summed E-state index contributed by atoms with van der Waals surface area (Å²) in [5.41, 5.74) is 0.991. The van der Waals surface area contributed by atoms with Crippen LogP contribution in [0.15, 0.2) is 29.6 Å². The summed E-state index contributed by atoms with van der Waals surface area (Å²) in [7, 11) is 0. The van der Waals surface area contributed by atoms with E-state index < -0.39 is 6.10 Å². The van der Waals surface area contributed by atoms with Crippen LogP contribution in [0.4, 0.5) is 4.39 Å². The third-order valence-corrected chi connectivity index (χ3v) is 4.56. The summed E-state index contributed by atoms with van der Waals surface area (Å²) in [6.07, 6.45) is -0.647. The van der Waals surface area contributed by atoms with E-state index in [1.807, 2.05) is 12.3 Å². The highest BCUT2D eigenvalue weighted by atomic mass is 32.1. The standard InChI is InChI=1S/C17H23FN2O2S/c1-11(2)17-20-16(10-23-17)12(3)19-8-14(21)9-22-15-6-4-13(18)5-7-15/h4-7,10-12,14,19,21H,8-9H2,1-3H3. The molecule has 0 aliphatic carbocycles. The number of benzene rings is 1. The van der Waals surface area contributed by atoms with Crippen molar-refractivity contribution in [2.24, 2.45) is 0 Å². The van der Waals surface area contributed by atoms with Crippen molar-refractivity contribution in [2.45, 2.75) is 38.8 Å². The average Bonchev–Trinajstić information content (AvgIpc) is 3.02. The number of aliphatic hydroxyl groups excluding tert-OH is 1. The second kappa shape index (κ2) is 8.38. The first kappa shape index (κ1) is 17.8. The minimum atomic E-state index is -0.647. The van der Waals surface area contributed by atoms with E-state index in [4.69, 9.17) is 4.74 Å². The van der Waals surface area contributed by atoms with E-state index in [0.29, 0.717) is 18.2 Å². The Kier molecular flexibility index (Phi) is 6.50. The van der Waals surface area contributed by atoms with Crippen molar-refractivity contribution in [1.82, 2.24) is 10.3 Å². The molecule has 4 nitrogen and oxygen atoms in total. The molecule has 126 valence electrons. The largest absolute Gasteiger partial charge is 0.491 e. The first-order valence-electron chi connectivity index (χ1n) is 7.71. The van der Waals surface area contributed by atoms with Crippen LogP contribution >= 0.6 is 11.3 Å². The smallest absolute Gasteiger partial charge is 0.123 e. The third-order valence-electron chi connectivity index (χ3n) is 3.39. The minimum Gasteiger partial charge on any atom is -0.491 e. The maximum absolute atomic E-state index is 12.8. The lowest BCUT2D eigenvalue weighted by atomic mass is 10.2. The Hall–Kier alpha value is -1.50. The van der Waals surface area contributed by atoms with Crippen molar-refractivity contribution in [3.8, 4) is 5.75 Å². The number of aliphatic hydroxyl groups is 1. The van der Waals surface area contributed by atoms with Crippen molar-refractivity contribution in [3.63, 3.8) is 0 Å². The van der Waals surface area contributed by atoms with Gasteiger partial charge in [-0.05, 0) is 31.2 Å². The molecule has 0 bridgehead atoms. The highest BCUT2D eigenvalue weighted by molar-refractivity contribution is 7.09.